The second-order valence-corrected chi connectivity index (χ2v) is 14.1. The van der Waals surface area contributed by atoms with Crippen LogP contribution in [0.3, 0.4) is 0 Å². The highest BCUT2D eigenvalue weighted by Gasteiger charge is 2.21. The third-order valence-corrected chi connectivity index (χ3v) is 9.56. The van der Waals surface area contributed by atoms with Crippen LogP contribution in [0.5, 0.6) is 11.5 Å². The lowest BCUT2D eigenvalue weighted by Crippen LogP contribution is -2.12. The van der Waals surface area contributed by atoms with E-state index in [1.807, 2.05) is 85.2 Å². The van der Waals surface area contributed by atoms with Crippen LogP contribution in [0.15, 0.2) is 164 Å². The van der Waals surface area contributed by atoms with Gasteiger partial charge in [-0.1, -0.05) is 106 Å². The molecule has 53 heavy (non-hydrogen) atoms. The van der Waals surface area contributed by atoms with Gasteiger partial charge in [-0.3, -0.25) is 14.1 Å². The van der Waals surface area contributed by atoms with E-state index in [1.165, 1.54) is 5.56 Å². The molecule has 0 bridgehead atoms. The van der Waals surface area contributed by atoms with Crippen LogP contribution in [-0.4, -0.2) is 29.3 Å². The molecule has 0 fully saturated rings. The predicted molar refractivity (Wildman–Crippen MR) is 213 cm³/mol. The van der Waals surface area contributed by atoms with Crippen molar-refractivity contribution in [3.8, 4) is 57.0 Å². The molecule has 0 atom stereocenters. The van der Waals surface area contributed by atoms with E-state index in [2.05, 4.69) is 109 Å². The Morgan fingerprint density at radius 3 is 1.87 bits per heavy atom. The van der Waals surface area contributed by atoms with Gasteiger partial charge in [-0.05, 0) is 65.6 Å². The minimum atomic E-state index is -0.0213. The molecule has 0 aliphatic carbocycles. The number of fused-ring (bicyclic) bond motifs is 3. The first-order chi connectivity index (χ1) is 25.9. The first-order valence-electron chi connectivity index (χ1n) is 17.7. The van der Waals surface area contributed by atoms with Crippen LogP contribution in [0.2, 0.25) is 0 Å². The normalized spacial score (nSPS) is 11.7. The molecule has 4 aromatic heterocycles. The highest BCUT2D eigenvalue weighted by Crippen LogP contribution is 2.38. The molecule has 0 amide bonds. The molecule has 0 radical (unpaired) electrons. The average Bonchev–Trinajstić information content (AvgIpc) is 3.79. The predicted octanol–water partition coefficient (Wildman–Crippen LogP) is 11.2. The number of ether oxygens (including phenoxy) is 1. The van der Waals surface area contributed by atoms with Crippen molar-refractivity contribution in [3.63, 3.8) is 0 Å². The molecule has 9 rings (SSSR count). The first-order valence-corrected chi connectivity index (χ1v) is 17.7. The number of rotatable bonds is 7. The molecule has 0 unspecified atom stereocenters. The number of nitrogens with zero attached hydrogens (tertiary/aromatic N) is 6. The number of hydrogen-bond acceptors (Lipinski definition) is 5. The summed E-state index contributed by atoms with van der Waals surface area (Å²) in [6.45, 7) is 6.67. The highest BCUT2D eigenvalue weighted by molar-refractivity contribution is 6.09. The highest BCUT2D eigenvalue weighted by atomic mass is 16.5. The topological polar surface area (TPSA) is 70.7 Å². The third kappa shape index (κ3) is 6.02. The molecule has 7 heteroatoms. The van der Waals surface area contributed by atoms with Crippen molar-refractivity contribution in [1.29, 1.82) is 0 Å². The van der Waals surface area contributed by atoms with Gasteiger partial charge >= 0.3 is 0 Å². The molecule has 4 heterocycles. The molecule has 256 valence electrons. The standard InChI is InChI=1S/C46H36N6O/c1-46(2,3)34-23-25-48-43(28-34)52-41-20-11-10-18-38(41)39-22-21-36(30-42(39)52)53-37-27-33(40-19-12-13-24-47-40)26-35(29-37)51-44(31-14-6-4-7-15-31)49-50-45(51)32-16-8-5-9-17-32/h4-30H,1-3H3. The largest absolute Gasteiger partial charge is 0.457 e. The van der Waals surface area contributed by atoms with E-state index in [1.54, 1.807) is 0 Å². The quantitative estimate of drug-likeness (QED) is 0.167. The van der Waals surface area contributed by atoms with Gasteiger partial charge in [-0.15, -0.1) is 10.2 Å². The van der Waals surface area contributed by atoms with E-state index < -0.39 is 0 Å². The summed E-state index contributed by atoms with van der Waals surface area (Å²) >= 11 is 0. The van der Waals surface area contributed by atoms with E-state index in [0.717, 1.165) is 67.3 Å². The molecular weight excluding hydrogens is 653 g/mol. The fourth-order valence-electron chi connectivity index (χ4n) is 6.93. The molecule has 0 spiro atoms. The SMILES string of the molecule is CC(C)(C)c1ccnc(-n2c3ccccc3c3ccc(Oc4cc(-c5ccccn5)cc(-n5c(-c6ccccc6)nnc5-c5ccccc5)c4)cc32)c1. The van der Waals surface area contributed by atoms with Crippen LogP contribution in [0.1, 0.15) is 26.3 Å². The van der Waals surface area contributed by atoms with E-state index in [9.17, 15) is 0 Å². The summed E-state index contributed by atoms with van der Waals surface area (Å²) in [5, 5.41) is 11.7. The van der Waals surface area contributed by atoms with Crippen LogP contribution in [0, 0.1) is 0 Å². The maximum atomic E-state index is 6.83. The van der Waals surface area contributed by atoms with Gasteiger partial charge in [0.1, 0.15) is 17.3 Å². The van der Waals surface area contributed by atoms with Crippen LogP contribution in [0.4, 0.5) is 0 Å². The van der Waals surface area contributed by atoms with Crippen LogP contribution in [0.25, 0.3) is 67.3 Å². The lowest BCUT2D eigenvalue weighted by atomic mass is 9.88. The molecule has 0 aliphatic rings. The second-order valence-electron chi connectivity index (χ2n) is 14.1. The first kappa shape index (κ1) is 32.1. The molecule has 5 aromatic carbocycles. The summed E-state index contributed by atoms with van der Waals surface area (Å²) < 4.78 is 11.2. The van der Waals surface area contributed by atoms with Gasteiger partial charge in [-0.25, -0.2) is 4.98 Å². The fourth-order valence-corrected chi connectivity index (χ4v) is 6.93. The molecule has 7 nitrogen and oxygen atoms in total. The summed E-state index contributed by atoms with van der Waals surface area (Å²) in [6.07, 6.45) is 3.71. The Kier molecular flexibility index (Phi) is 7.89. The lowest BCUT2D eigenvalue weighted by Gasteiger charge is -2.20. The summed E-state index contributed by atoms with van der Waals surface area (Å²) in [4.78, 5) is 9.57. The minimum Gasteiger partial charge on any atom is -0.457 e. The van der Waals surface area contributed by atoms with Crippen molar-refractivity contribution in [2.75, 3.05) is 0 Å². The third-order valence-electron chi connectivity index (χ3n) is 9.56. The Morgan fingerprint density at radius 2 is 1.17 bits per heavy atom. The van der Waals surface area contributed by atoms with Gasteiger partial charge in [0, 0.05) is 52.0 Å². The van der Waals surface area contributed by atoms with Crippen molar-refractivity contribution in [2.45, 2.75) is 26.2 Å². The number of aromatic nitrogens is 6. The van der Waals surface area contributed by atoms with Gasteiger partial charge in [0.2, 0.25) is 0 Å². The summed E-state index contributed by atoms with van der Waals surface area (Å²) in [6, 6.07) is 51.4. The Labute approximate surface area is 307 Å². The van der Waals surface area contributed by atoms with Gasteiger partial charge < -0.3 is 4.74 Å². The number of benzene rings is 5. The monoisotopic (exact) mass is 688 g/mol. The van der Waals surface area contributed by atoms with Crippen molar-refractivity contribution in [1.82, 2.24) is 29.3 Å². The molecule has 0 saturated carbocycles. The van der Waals surface area contributed by atoms with Crippen molar-refractivity contribution >= 4 is 21.8 Å². The average molecular weight is 689 g/mol. The number of pyridine rings is 2. The summed E-state index contributed by atoms with van der Waals surface area (Å²) in [5.74, 6) is 3.68. The minimum absolute atomic E-state index is 0.0213. The van der Waals surface area contributed by atoms with E-state index in [4.69, 9.17) is 24.9 Å². The zero-order valence-electron chi connectivity index (χ0n) is 29.7. The summed E-state index contributed by atoms with van der Waals surface area (Å²) in [7, 11) is 0. The molecule has 0 saturated heterocycles. The van der Waals surface area contributed by atoms with Crippen molar-refractivity contribution in [2.24, 2.45) is 0 Å². The number of para-hydroxylation sites is 1. The van der Waals surface area contributed by atoms with Gasteiger partial charge in [-0.2, -0.15) is 0 Å². The molecule has 9 aromatic rings. The Morgan fingerprint density at radius 1 is 0.491 bits per heavy atom. The molecular formula is C46H36N6O. The summed E-state index contributed by atoms with van der Waals surface area (Å²) in [5.41, 5.74) is 7.80. The van der Waals surface area contributed by atoms with Crippen LogP contribution in [-0.2, 0) is 5.41 Å². The van der Waals surface area contributed by atoms with Gasteiger partial charge in [0.05, 0.1) is 22.4 Å². The van der Waals surface area contributed by atoms with Gasteiger partial charge in [0.15, 0.2) is 11.6 Å². The zero-order valence-corrected chi connectivity index (χ0v) is 29.7. The zero-order chi connectivity index (χ0) is 35.9. The van der Waals surface area contributed by atoms with E-state index in [-0.39, 0.29) is 5.41 Å². The maximum Gasteiger partial charge on any atom is 0.168 e. The Hall–Kier alpha value is -6.86. The smallest absolute Gasteiger partial charge is 0.168 e. The van der Waals surface area contributed by atoms with Crippen molar-refractivity contribution < 1.29 is 4.74 Å². The maximum absolute atomic E-state index is 6.83. The molecule has 0 N–H and O–H groups in total. The molecule has 0 aliphatic heterocycles. The van der Waals surface area contributed by atoms with Crippen molar-refractivity contribution in [3.05, 3.63) is 170 Å². The van der Waals surface area contributed by atoms with Crippen LogP contribution >= 0.6 is 0 Å². The lowest BCUT2D eigenvalue weighted by molar-refractivity contribution is 0.483. The fraction of sp³-hybridized carbons (Fsp3) is 0.0870. The second kappa shape index (κ2) is 13.0. The van der Waals surface area contributed by atoms with Gasteiger partial charge in [0.25, 0.3) is 0 Å². The number of hydrogen-bond donors (Lipinski definition) is 0. The Bertz CT molecular complexity index is 2670. The Balaban J connectivity index is 1.22. The van der Waals surface area contributed by atoms with E-state index >= 15 is 0 Å². The van der Waals surface area contributed by atoms with E-state index in [0.29, 0.717) is 11.5 Å². The van der Waals surface area contributed by atoms with Crippen LogP contribution < -0.4 is 4.74 Å².